The van der Waals surface area contributed by atoms with Gasteiger partial charge in [-0.15, -0.1) is 6.58 Å². The molecule has 110 valence electrons. The quantitative estimate of drug-likeness (QED) is 0.491. The second-order valence-corrected chi connectivity index (χ2v) is 6.72. The first-order chi connectivity index (χ1) is 8.92. The van der Waals surface area contributed by atoms with Crippen LogP contribution < -0.4 is 10.0 Å². The fraction of sp³-hybridized carbons (Fsp3) is 0.750. The largest absolute Gasteiger partial charge is 0.341 e. The molecule has 0 aromatic heterocycles. The van der Waals surface area contributed by atoms with E-state index < -0.39 is 10.0 Å². The van der Waals surface area contributed by atoms with Crippen LogP contribution in [0, 0.1) is 5.92 Å². The second kappa shape index (κ2) is 7.62. The molecular weight excluding hydrogens is 266 g/mol. The van der Waals surface area contributed by atoms with E-state index in [9.17, 15) is 13.2 Å². The summed E-state index contributed by atoms with van der Waals surface area (Å²) in [6, 6.07) is 0. The molecule has 0 radical (unpaired) electrons. The minimum Gasteiger partial charge on any atom is -0.341 e. The van der Waals surface area contributed by atoms with Crippen LogP contribution in [0.15, 0.2) is 12.7 Å². The van der Waals surface area contributed by atoms with Crippen LogP contribution in [-0.2, 0) is 14.8 Å². The summed E-state index contributed by atoms with van der Waals surface area (Å²) in [7, 11) is -3.16. The van der Waals surface area contributed by atoms with Crippen molar-refractivity contribution in [1.29, 1.82) is 0 Å². The molecule has 1 heterocycles. The maximum Gasteiger partial charge on any atom is 0.236 e. The molecule has 0 aromatic rings. The van der Waals surface area contributed by atoms with E-state index in [1.54, 1.807) is 11.0 Å². The number of carbonyl (C=O) groups is 1. The number of piperidine rings is 1. The number of likely N-dealkylation sites (tertiary alicyclic amines) is 1. The molecule has 1 aliphatic rings. The molecule has 19 heavy (non-hydrogen) atoms. The van der Waals surface area contributed by atoms with Gasteiger partial charge < -0.3 is 10.2 Å². The Morgan fingerprint density at radius 1 is 1.53 bits per heavy atom. The first-order valence-electron chi connectivity index (χ1n) is 6.46. The van der Waals surface area contributed by atoms with E-state index in [1.807, 2.05) is 0 Å². The average molecular weight is 289 g/mol. The SMILES string of the molecule is C=CCNCC(=O)N1CCCC(CNS(C)(=O)=O)C1. The molecule has 1 amide bonds. The molecule has 0 bridgehead atoms. The average Bonchev–Trinajstić information content (AvgIpc) is 2.36. The summed E-state index contributed by atoms with van der Waals surface area (Å²) in [6.07, 6.45) is 4.73. The van der Waals surface area contributed by atoms with Gasteiger partial charge in [-0.05, 0) is 18.8 Å². The van der Waals surface area contributed by atoms with Gasteiger partial charge in [-0.25, -0.2) is 13.1 Å². The zero-order valence-corrected chi connectivity index (χ0v) is 12.2. The lowest BCUT2D eigenvalue weighted by molar-refractivity contribution is -0.131. The van der Waals surface area contributed by atoms with Gasteiger partial charge in [-0.3, -0.25) is 4.79 Å². The summed E-state index contributed by atoms with van der Waals surface area (Å²) < 4.78 is 24.6. The van der Waals surface area contributed by atoms with Crippen molar-refractivity contribution in [2.75, 3.05) is 39.0 Å². The second-order valence-electron chi connectivity index (χ2n) is 4.89. The Kier molecular flexibility index (Phi) is 6.47. The van der Waals surface area contributed by atoms with Crippen molar-refractivity contribution in [2.45, 2.75) is 12.8 Å². The zero-order valence-electron chi connectivity index (χ0n) is 11.4. The van der Waals surface area contributed by atoms with E-state index in [0.29, 0.717) is 26.2 Å². The highest BCUT2D eigenvalue weighted by atomic mass is 32.2. The summed E-state index contributed by atoms with van der Waals surface area (Å²) in [5, 5.41) is 2.98. The molecule has 0 spiro atoms. The third-order valence-electron chi connectivity index (χ3n) is 3.07. The third-order valence-corrected chi connectivity index (χ3v) is 3.76. The lowest BCUT2D eigenvalue weighted by atomic mass is 9.98. The van der Waals surface area contributed by atoms with Crippen LogP contribution in [0.3, 0.4) is 0 Å². The summed E-state index contributed by atoms with van der Waals surface area (Å²) in [4.78, 5) is 13.7. The topological polar surface area (TPSA) is 78.5 Å². The van der Waals surface area contributed by atoms with E-state index >= 15 is 0 Å². The zero-order chi connectivity index (χ0) is 14.3. The van der Waals surface area contributed by atoms with Gasteiger partial charge in [-0.2, -0.15) is 0 Å². The van der Waals surface area contributed by atoms with E-state index in [1.165, 1.54) is 0 Å². The minimum atomic E-state index is -3.16. The fourth-order valence-electron chi connectivity index (χ4n) is 2.12. The predicted molar refractivity (Wildman–Crippen MR) is 75.2 cm³/mol. The number of amides is 1. The van der Waals surface area contributed by atoms with Crippen molar-refractivity contribution in [1.82, 2.24) is 14.9 Å². The molecule has 1 saturated heterocycles. The van der Waals surface area contributed by atoms with Crippen LogP contribution in [-0.4, -0.2) is 58.2 Å². The Hall–Kier alpha value is -0.920. The van der Waals surface area contributed by atoms with E-state index in [4.69, 9.17) is 0 Å². The van der Waals surface area contributed by atoms with Gasteiger partial charge in [0.1, 0.15) is 0 Å². The van der Waals surface area contributed by atoms with E-state index in [0.717, 1.165) is 25.6 Å². The maximum absolute atomic E-state index is 11.9. The van der Waals surface area contributed by atoms with Crippen molar-refractivity contribution in [3.63, 3.8) is 0 Å². The number of nitrogens with zero attached hydrogens (tertiary/aromatic N) is 1. The van der Waals surface area contributed by atoms with Crippen LogP contribution in [0.25, 0.3) is 0 Å². The van der Waals surface area contributed by atoms with Crippen LogP contribution >= 0.6 is 0 Å². The molecule has 0 aromatic carbocycles. The van der Waals surface area contributed by atoms with Crippen molar-refractivity contribution >= 4 is 15.9 Å². The number of nitrogens with one attached hydrogen (secondary N) is 2. The molecule has 1 aliphatic heterocycles. The minimum absolute atomic E-state index is 0.0610. The van der Waals surface area contributed by atoms with Crippen LogP contribution in [0.2, 0.25) is 0 Å². The molecule has 1 fully saturated rings. The number of hydrogen-bond acceptors (Lipinski definition) is 4. The van der Waals surface area contributed by atoms with Crippen molar-refractivity contribution in [3.05, 3.63) is 12.7 Å². The number of hydrogen-bond donors (Lipinski definition) is 2. The highest BCUT2D eigenvalue weighted by Gasteiger charge is 2.23. The van der Waals surface area contributed by atoms with Gasteiger partial charge in [0.2, 0.25) is 15.9 Å². The smallest absolute Gasteiger partial charge is 0.236 e. The van der Waals surface area contributed by atoms with Gasteiger partial charge in [0.15, 0.2) is 0 Å². The molecule has 7 heteroatoms. The van der Waals surface area contributed by atoms with Gasteiger partial charge >= 0.3 is 0 Å². The Morgan fingerprint density at radius 2 is 2.26 bits per heavy atom. The van der Waals surface area contributed by atoms with E-state index in [2.05, 4.69) is 16.6 Å². The standard InChI is InChI=1S/C12H23N3O3S/c1-3-6-13-9-12(16)15-7-4-5-11(10-15)8-14-19(2,17)18/h3,11,13-14H,1,4-10H2,2H3. The lowest BCUT2D eigenvalue weighted by Gasteiger charge is -2.32. The maximum atomic E-state index is 11.9. The Labute approximate surface area is 115 Å². The van der Waals surface area contributed by atoms with Crippen LogP contribution in [0.4, 0.5) is 0 Å². The molecule has 2 N–H and O–H groups in total. The van der Waals surface area contributed by atoms with Crippen LogP contribution in [0.1, 0.15) is 12.8 Å². The first kappa shape index (κ1) is 16.1. The first-order valence-corrected chi connectivity index (χ1v) is 8.35. The number of sulfonamides is 1. The molecule has 0 aliphatic carbocycles. The van der Waals surface area contributed by atoms with Crippen molar-refractivity contribution in [2.24, 2.45) is 5.92 Å². The van der Waals surface area contributed by atoms with Crippen LogP contribution in [0.5, 0.6) is 0 Å². The van der Waals surface area contributed by atoms with Crippen molar-refractivity contribution in [3.8, 4) is 0 Å². The van der Waals surface area contributed by atoms with E-state index in [-0.39, 0.29) is 11.8 Å². The highest BCUT2D eigenvalue weighted by Crippen LogP contribution is 2.15. The summed E-state index contributed by atoms with van der Waals surface area (Å²) >= 11 is 0. The molecule has 0 saturated carbocycles. The number of carbonyl (C=O) groups excluding carboxylic acids is 1. The third kappa shape index (κ3) is 6.70. The normalized spacial score (nSPS) is 20.3. The van der Waals surface area contributed by atoms with Gasteiger partial charge in [0.25, 0.3) is 0 Å². The van der Waals surface area contributed by atoms with Gasteiger partial charge in [0, 0.05) is 26.2 Å². The Bertz CT molecular complexity index is 408. The molecular formula is C12H23N3O3S. The Morgan fingerprint density at radius 3 is 2.89 bits per heavy atom. The Balaban J connectivity index is 2.36. The summed E-state index contributed by atoms with van der Waals surface area (Å²) in [5.41, 5.74) is 0. The highest BCUT2D eigenvalue weighted by molar-refractivity contribution is 7.88. The fourth-order valence-corrected chi connectivity index (χ4v) is 2.66. The van der Waals surface area contributed by atoms with Crippen molar-refractivity contribution < 1.29 is 13.2 Å². The van der Waals surface area contributed by atoms with Gasteiger partial charge in [0.05, 0.1) is 12.8 Å². The predicted octanol–water partition coefficient (Wildman–Crippen LogP) is -0.450. The number of rotatable bonds is 7. The van der Waals surface area contributed by atoms with Gasteiger partial charge in [-0.1, -0.05) is 6.08 Å². The molecule has 1 rings (SSSR count). The molecule has 6 nitrogen and oxygen atoms in total. The summed E-state index contributed by atoms with van der Waals surface area (Å²) in [5.74, 6) is 0.262. The lowest BCUT2D eigenvalue weighted by Crippen LogP contribution is -2.46. The monoisotopic (exact) mass is 289 g/mol. The molecule has 1 unspecified atom stereocenters. The molecule has 1 atom stereocenters. The summed E-state index contributed by atoms with van der Waals surface area (Å²) in [6.45, 7) is 6.27.